The smallest absolute Gasteiger partial charge is 0.410 e. The molecule has 0 bridgehead atoms. The van der Waals surface area contributed by atoms with Gasteiger partial charge in [0.05, 0.1) is 0 Å². The highest BCUT2D eigenvalue weighted by atomic mass is 79.9. The molecule has 1 fully saturated rings. The Morgan fingerprint density at radius 2 is 2.20 bits per heavy atom. The minimum Gasteiger partial charge on any atom is -0.444 e. The number of hydrogen-bond acceptors (Lipinski definition) is 3. The van der Waals surface area contributed by atoms with Crippen LogP contribution in [0.2, 0.25) is 0 Å². The van der Waals surface area contributed by atoms with Gasteiger partial charge in [-0.15, -0.1) is 0 Å². The van der Waals surface area contributed by atoms with Crippen molar-refractivity contribution in [3.8, 4) is 0 Å². The molecule has 1 saturated heterocycles. The van der Waals surface area contributed by atoms with Crippen molar-refractivity contribution in [2.24, 2.45) is 0 Å². The first-order valence-corrected chi connectivity index (χ1v) is 6.70. The fourth-order valence-electron chi connectivity index (χ4n) is 1.38. The number of hydrogen-bond donors (Lipinski definition) is 0. The van der Waals surface area contributed by atoms with Crippen molar-refractivity contribution in [3.05, 3.63) is 28.5 Å². The van der Waals surface area contributed by atoms with Gasteiger partial charge in [0.1, 0.15) is 10.2 Å². The van der Waals surface area contributed by atoms with E-state index in [0.29, 0.717) is 0 Å². The van der Waals surface area contributed by atoms with Crippen molar-refractivity contribution in [3.63, 3.8) is 0 Å². The second-order valence-electron chi connectivity index (χ2n) is 5.03. The lowest BCUT2D eigenvalue weighted by atomic mass is 9.90. The van der Waals surface area contributed by atoms with Crippen LogP contribution in [-0.2, 0) is 4.74 Å². The maximum atomic E-state index is 12.6. The number of halogens is 1. The van der Waals surface area contributed by atoms with Crippen LogP contribution < -0.4 is 0 Å². The number of carbonyl (C=O) groups excluding carboxylic acids is 1. The summed E-state index contributed by atoms with van der Waals surface area (Å²) in [7, 11) is 0. The van der Waals surface area contributed by atoms with E-state index < -0.39 is 43.3 Å². The van der Waals surface area contributed by atoms with Crippen LogP contribution in [0.25, 0.3) is 0 Å². The fraction of sp³-hybridized carbons (Fsp3) is 0.600. The molecule has 1 amide bonds. The second kappa shape index (κ2) is 6.12. The highest BCUT2D eigenvalue weighted by molar-refractivity contribution is 9.10. The quantitative estimate of drug-likeness (QED) is 0.720. The average Bonchev–Trinajstić information content (AvgIpc) is 2.50. The molecule has 0 N–H and O–H groups in total. The number of carbonyl (C=O) groups is 1. The largest absolute Gasteiger partial charge is 0.444 e. The van der Waals surface area contributed by atoms with Gasteiger partial charge in [-0.05, 0) is 73.0 Å². The summed E-state index contributed by atoms with van der Waals surface area (Å²) in [5.41, 5.74) is -1.51. The van der Waals surface area contributed by atoms with Crippen molar-refractivity contribution >= 4 is 22.0 Å². The van der Waals surface area contributed by atoms with Gasteiger partial charge in [-0.3, -0.25) is 0 Å². The Kier molecular flexibility index (Phi) is 2.22. The number of likely N-dealkylation sites (tertiary alicyclic amines) is 1. The van der Waals surface area contributed by atoms with Crippen LogP contribution in [0, 0.1) is 0 Å². The molecule has 1 aromatic rings. The van der Waals surface area contributed by atoms with E-state index in [1.54, 1.807) is 0 Å². The van der Waals surface area contributed by atoms with E-state index in [4.69, 9.17) is 17.1 Å². The Labute approximate surface area is 141 Å². The zero-order valence-electron chi connectivity index (χ0n) is 20.3. The van der Waals surface area contributed by atoms with E-state index in [1.807, 2.05) is 0 Å². The normalized spacial score (nSPS) is 35.4. The number of amides is 1. The molecule has 1 aliphatic heterocycles. The van der Waals surface area contributed by atoms with Gasteiger partial charge in [0.25, 0.3) is 0 Å². The standard InChI is InChI=1S/C15H21BrN2O2/c1-15(2,3)20-14(19)18-8-5-11(6-9-18)12-4-7-17-13(16)10-12/h4,7,10-11H,5-6,8-9H2,1-3H3/i5D2,6D2,8D2,9D2,11D. The molecule has 2 rings (SSSR count). The van der Waals surface area contributed by atoms with Crippen LogP contribution in [0.5, 0.6) is 0 Å². The lowest BCUT2D eigenvalue weighted by Gasteiger charge is -2.33. The highest BCUT2D eigenvalue weighted by Crippen LogP contribution is 2.29. The van der Waals surface area contributed by atoms with Crippen LogP contribution in [0.3, 0.4) is 0 Å². The molecule has 1 aromatic heterocycles. The van der Waals surface area contributed by atoms with Gasteiger partial charge in [0, 0.05) is 31.5 Å². The molecule has 0 spiro atoms. The van der Waals surface area contributed by atoms with E-state index in [2.05, 4.69) is 20.9 Å². The zero-order chi connectivity index (χ0) is 22.8. The van der Waals surface area contributed by atoms with E-state index in [-0.39, 0.29) is 15.1 Å². The molecular weight excluding hydrogens is 320 g/mol. The first-order chi connectivity index (χ1) is 12.7. The van der Waals surface area contributed by atoms with Gasteiger partial charge in [-0.1, -0.05) is 0 Å². The maximum absolute atomic E-state index is 12.6. The van der Waals surface area contributed by atoms with Gasteiger partial charge in [0.15, 0.2) is 0 Å². The molecule has 1 aliphatic rings. The zero-order valence-corrected chi connectivity index (χ0v) is 12.9. The molecule has 5 heteroatoms. The van der Waals surface area contributed by atoms with Crippen LogP contribution in [-0.4, -0.2) is 34.6 Å². The van der Waals surface area contributed by atoms with Crippen molar-refractivity contribution in [1.82, 2.24) is 9.88 Å². The van der Waals surface area contributed by atoms with Gasteiger partial charge in [-0.25, -0.2) is 9.78 Å². The van der Waals surface area contributed by atoms with Gasteiger partial charge < -0.3 is 9.64 Å². The Morgan fingerprint density at radius 1 is 1.55 bits per heavy atom. The molecule has 0 saturated carbocycles. The topological polar surface area (TPSA) is 42.4 Å². The second-order valence-corrected chi connectivity index (χ2v) is 5.84. The third-order valence-corrected chi connectivity index (χ3v) is 2.61. The summed E-state index contributed by atoms with van der Waals surface area (Å²) in [6.45, 7) is -2.53. The number of ether oxygens (including phenoxy) is 1. The SMILES string of the molecule is [2H]C1([2H])N(C(=O)OC(C)(C)C)C([2H])([2H])C([2H])([2H])C([2H])(c2ccnc(Br)c2)C1([2H])[2H]. The van der Waals surface area contributed by atoms with Crippen molar-refractivity contribution in [2.45, 2.75) is 45.0 Å². The average molecular weight is 350 g/mol. The van der Waals surface area contributed by atoms with Crippen LogP contribution in [0.4, 0.5) is 4.79 Å². The number of piperidine rings is 1. The molecule has 0 radical (unpaired) electrons. The van der Waals surface area contributed by atoms with E-state index in [9.17, 15) is 4.79 Å². The third-order valence-electron chi connectivity index (χ3n) is 2.18. The summed E-state index contributed by atoms with van der Waals surface area (Å²) in [6.07, 6.45) is -7.20. The molecule has 20 heavy (non-hydrogen) atoms. The number of rotatable bonds is 1. The van der Waals surface area contributed by atoms with Crippen LogP contribution in [0.15, 0.2) is 22.9 Å². The van der Waals surface area contributed by atoms with Crippen molar-refractivity contribution in [2.75, 3.05) is 13.0 Å². The van der Waals surface area contributed by atoms with Gasteiger partial charge in [-0.2, -0.15) is 0 Å². The summed E-state index contributed by atoms with van der Waals surface area (Å²) in [5.74, 6) is -3.09. The Bertz CT molecular complexity index is 798. The maximum Gasteiger partial charge on any atom is 0.410 e. The van der Waals surface area contributed by atoms with E-state index in [0.717, 1.165) is 18.3 Å². The molecule has 0 aromatic carbocycles. The van der Waals surface area contributed by atoms with Crippen molar-refractivity contribution < 1.29 is 21.9 Å². The van der Waals surface area contributed by atoms with Gasteiger partial charge in [0.2, 0.25) is 0 Å². The minimum absolute atomic E-state index is 0.129. The minimum atomic E-state index is -3.44. The Balaban J connectivity index is 2.81. The molecule has 0 aliphatic carbocycles. The summed E-state index contributed by atoms with van der Waals surface area (Å²) < 4.78 is 80.6. The predicted octanol–water partition coefficient (Wildman–Crippen LogP) is 3.96. The molecule has 0 unspecified atom stereocenters. The lowest BCUT2D eigenvalue weighted by molar-refractivity contribution is 0.0205. The van der Waals surface area contributed by atoms with Crippen LogP contribution in [0.1, 0.15) is 57.3 Å². The van der Waals surface area contributed by atoms with Crippen LogP contribution >= 0.6 is 15.9 Å². The summed E-state index contributed by atoms with van der Waals surface area (Å²) >= 11 is 3.04. The van der Waals surface area contributed by atoms with Crippen molar-refractivity contribution in [1.29, 1.82) is 0 Å². The fourth-order valence-corrected chi connectivity index (χ4v) is 1.75. The summed E-state index contributed by atoms with van der Waals surface area (Å²) in [5, 5.41) is 0. The Morgan fingerprint density at radius 3 is 2.75 bits per heavy atom. The highest BCUT2D eigenvalue weighted by Gasteiger charge is 2.27. The number of aromatic nitrogens is 1. The first-order valence-electron chi connectivity index (χ1n) is 10.4. The van der Waals surface area contributed by atoms with E-state index in [1.165, 1.54) is 20.8 Å². The molecule has 2 heterocycles. The molecule has 0 atom stereocenters. The number of nitrogens with zero attached hydrogens (tertiary/aromatic N) is 2. The number of pyridine rings is 1. The molecular formula is C15H21BrN2O2. The third kappa shape index (κ3) is 4.20. The summed E-state index contributed by atoms with van der Waals surface area (Å²) in [6, 6.07) is 2.24. The molecule has 110 valence electrons. The lowest BCUT2D eigenvalue weighted by Crippen LogP contribution is -2.41. The molecule has 4 nitrogen and oxygen atoms in total. The van der Waals surface area contributed by atoms with E-state index >= 15 is 0 Å². The first kappa shape index (κ1) is 7.25. The monoisotopic (exact) mass is 349 g/mol. The predicted molar refractivity (Wildman–Crippen MR) is 81.7 cm³/mol. The Hall–Kier alpha value is -1.10. The van der Waals surface area contributed by atoms with Gasteiger partial charge >= 0.3 is 6.09 Å². The summed E-state index contributed by atoms with van der Waals surface area (Å²) in [4.78, 5) is 16.3.